The molecule has 0 aliphatic carbocycles. The van der Waals surface area contributed by atoms with Crippen LogP contribution in [0.4, 0.5) is 5.69 Å². The van der Waals surface area contributed by atoms with Crippen LogP contribution in [0.2, 0.25) is 5.02 Å². The van der Waals surface area contributed by atoms with Crippen LogP contribution in [0, 0.1) is 0 Å². The van der Waals surface area contributed by atoms with E-state index < -0.39 is 5.54 Å². The summed E-state index contributed by atoms with van der Waals surface area (Å²) < 4.78 is 10.6. The van der Waals surface area contributed by atoms with Crippen molar-refractivity contribution in [2.45, 2.75) is 18.9 Å². The number of hydrogen-bond donors (Lipinski definition) is 1. The van der Waals surface area contributed by atoms with Crippen molar-refractivity contribution in [3.8, 4) is 11.5 Å². The van der Waals surface area contributed by atoms with Crippen LogP contribution in [0.5, 0.6) is 11.5 Å². The van der Waals surface area contributed by atoms with E-state index in [0.29, 0.717) is 28.5 Å². The first-order chi connectivity index (χ1) is 11.0. The fraction of sp³-hybridized carbons (Fsp3) is 0.235. The molecular formula is C17H16ClNO4. The van der Waals surface area contributed by atoms with Crippen molar-refractivity contribution in [1.82, 2.24) is 0 Å². The summed E-state index contributed by atoms with van der Waals surface area (Å²) in [6, 6.07) is 12.3. The number of anilines is 1. The minimum absolute atomic E-state index is 0.190. The summed E-state index contributed by atoms with van der Waals surface area (Å²) in [6.07, 6.45) is 0.996. The largest absolute Gasteiger partial charge is 0.454 e. The maximum atomic E-state index is 11.7. The van der Waals surface area contributed by atoms with Crippen molar-refractivity contribution in [3.63, 3.8) is 0 Å². The molecule has 1 aliphatic rings. The van der Waals surface area contributed by atoms with Crippen molar-refractivity contribution in [2.75, 3.05) is 11.9 Å². The summed E-state index contributed by atoms with van der Waals surface area (Å²) in [6.45, 7) is 1.84. The Morgan fingerprint density at radius 1 is 1.26 bits per heavy atom. The average molecular weight is 334 g/mol. The Labute approximate surface area is 139 Å². The second-order valence-electron chi connectivity index (χ2n) is 5.60. The number of rotatable bonds is 5. The summed E-state index contributed by atoms with van der Waals surface area (Å²) in [5, 5.41) is 11.8. The number of ether oxygens (including phenoxy) is 2. The SMILES string of the molecule is CC(C=O)(Cc1ccc2c(c1)OCO2)N(O)c1ccccc1Cl. The van der Waals surface area contributed by atoms with E-state index in [0.717, 1.165) is 10.6 Å². The van der Waals surface area contributed by atoms with E-state index in [1.165, 1.54) is 0 Å². The summed E-state index contributed by atoms with van der Waals surface area (Å²) in [7, 11) is 0. The van der Waals surface area contributed by atoms with Gasteiger partial charge in [-0.1, -0.05) is 29.8 Å². The normalized spacial score (nSPS) is 15.1. The molecule has 1 atom stereocenters. The van der Waals surface area contributed by atoms with Gasteiger partial charge in [-0.05, 0) is 36.8 Å². The molecule has 1 N–H and O–H groups in total. The van der Waals surface area contributed by atoms with Gasteiger partial charge in [0.05, 0.1) is 10.7 Å². The molecule has 0 fully saturated rings. The molecule has 1 unspecified atom stereocenters. The van der Waals surface area contributed by atoms with E-state index in [1.807, 2.05) is 12.1 Å². The molecule has 2 aromatic rings. The number of halogens is 1. The molecule has 0 radical (unpaired) electrons. The van der Waals surface area contributed by atoms with Gasteiger partial charge < -0.3 is 14.3 Å². The van der Waals surface area contributed by atoms with Gasteiger partial charge in [0.15, 0.2) is 11.5 Å². The number of fused-ring (bicyclic) bond motifs is 1. The molecule has 0 spiro atoms. The van der Waals surface area contributed by atoms with Crippen LogP contribution < -0.4 is 14.5 Å². The third-order valence-electron chi connectivity index (χ3n) is 3.82. The highest BCUT2D eigenvalue weighted by Crippen LogP contribution is 2.35. The van der Waals surface area contributed by atoms with E-state index in [2.05, 4.69) is 0 Å². The second kappa shape index (κ2) is 6.10. The highest BCUT2D eigenvalue weighted by atomic mass is 35.5. The van der Waals surface area contributed by atoms with Gasteiger partial charge in [-0.2, -0.15) is 0 Å². The van der Waals surface area contributed by atoms with E-state index >= 15 is 0 Å². The van der Waals surface area contributed by atoms with Gasteiger partial charge in [0, 0.05) is 6.42 Å². The van der Waals surface area contributed by atoms with Gasteiger partial charge in [-0.25, -0.2) is 5.06 Å². The lowest BCUT2D eigenvalue weighted by molar-refractivity contribution is -0.113. The first kappa shape index (κ1) is 15.6. The van der Waals surface area contributed by atoms with E-state index in [1.54, 1.807) is 37.3 Å². The molecule has 23 heavy (non-hydrogen) atoms. The Morgan fingerprint density at radius 2 is 2.00 bits per heavy atom. The Hall–Kier alpha value is -2.24. The van der Waals surface area contributed by atoms with Gasteiger partial charge in [0.2, 0.25) is 6.79 Å². The molecular weight excluding hydrogens is 318 g/mol. The summed E-state index contributed by atoms with van der Waals surface area (Å²) in [4.78, 5) is 11.7. The number of hydroxylamine groups is 1. The van der Waals surface area contributed by atoms with Gasteiger partial charge in [-0.3, -0.25) is 5.21 Å². The molecule has 120 valence electrons. The minimum Gasteiger partial charge on any atom is -0.454 e. The maximum absolute atomic E-state index is 11.7. The number of nitrogens with zero attached hydrogens (tertiary/aromatic N) is 1. The second-order valence-corrected chi connectivity index (χ2v) is 6.01. The lowest BCUT2D eigenvalue weighted by atomic mass is 9.93. The van der Waals surface area contributed by atoms with Crippen molar-refractivity contribution in [3.05, 3.63) is 53.1 Å². The van der Waals surface area contributed by atoms with Crippen LogP contribution in [0.15, 0.2) is 42.5 Å². The Morgan fingerprint density at radius 3 is 2.74 bits per heavy atom. The van der Waals surface area contributed by atoms with Crippen LogP contribution in [-0.2, 0) is 11.2 Å². The molecule has 2 aromatic carbocycles. The zero-order valence-corrected chi connectivity index (χ0v) is 13.3. The topological polar surface area (TPSA) is 59.0 Å². The van der Waals surface area contributed by atoms with E-state index in [9.17, 15) is 10.0 Å². The number of carbonyl (C=O) groups excluding carboxylic acids is 1. The molecule has 6 heteroatoms. The number of carbonyl (C=O) groups is 1. The number of para-hydroxylation sites is 1. The fourth-order valence-electron chi connectivity index (χ4n) is 2.53. The van der Waals surface area contributed by atoms with Gasteiger partial charge >= 0.3 is 0 Å². The first-order valence-electron chi connectivity index (χ1n) is 7.12. The van der Waals surface area contributed by atoms with E-state index in [-0.39, 0.29) is 13.2 Å². The highest BCUT2D eigenvalue weighted by molar-refractivity contribution is 6.33. The summed E-state index contributed by atoms with van der Waals surface area (Å²) in [5.41, 5.74) is 0.0538. The average Bonchev–Trinajstić information content (AvgIpc) is 3.02. The predicted octanol–water partition coefficient (Wildman–Crippen LogP) is 3.46. The zero-order chi connectivity index (χ0) is 16.4. The van der Waals surface area contributed by atoms with E-state index in [4.69, 9.17) is 21.1 Å². The smallest absolute Gasteiger partial charge is 0.231 e. The van der Waals surface area contributed by atoms with Crippen LogP contribution in [0.25, 0.3) is 0 Å². The van der Waals surface area contributed by atoms with Crippen LogP contribution in [0.1, 0.15) is 12.5 Å². The van der Waals surface area contributed by atoms with Gasteiger partial charge in [0.25, 0.3) is 0 Å². The number of benzene rings is 2. The summed E-state index contributed by atoms with van der Waals surface area (Å²) >= 11 is 6.11. The Balaban J connectivity index is 1.88. The molecule has 0 saturated carbocycles. The van der Waals surface area contributed by atoms with Crippen LogP contribution in [0.3, 0.4) is 0 Å². The molecule has 1 heterocycles. The third kappa shape index (κ3) is 2.98. The zero-order valence-electron chi connectivity index (χ0n) is 12.5. The third-order valence-corrected chi connectivity index (χ3v) is 4.14. The molecule has 3 rings (SSSR count). The summed E-state index contributed by atoms with van der Waals surface area (Å²) in [5.74, 6) is 1.31. The van der Waals surface area contributed by atoms with Crippen molar-refractivity contribution in [1.29, 1.82) is 0 Å². The number of aldehydes is 1. The monoisotopic (exact) mass is 333 g/mol. The standard InChI is InChI=1S/C17H16ClNO4/c1-17(10-20,19(21)14-5-3-2-4-13(14)18)9-12-6-7-15-16(8-12)23-11-22-15/h2-8,10,21H,9,11H2,1H3. The number of hydrogen-bond acceptors (Lipinski definition) is 5. The minimum atomic E-state index is -1.17. The lowest BCUT2D eigenvalue weighted by Gasteiger charge is -2.34. The van der Waals surface area contributed by atoms with Crippen molar-refractivity contribution in [2.24, 2.45) is 0 Å². The first-order valence-corrected chi connectivity index (χ1v) is 7.50. The molecule has 0 amide bonds. The highest BCUT2D eigenvalue weighted by Gasteiger charge is 2.33. The predicted molar refractivity (Wildman–Crippen MR) is 86.5 cm³/mol. The quantitative estimate of drug-likeness (QED) is 0.670. The van der Waals surface area contributed by atoms with Gasteiger partial charge in [0.1, 0.15) is 11.8 Å². The van der Waals surface area contributed by atoms with Crippen molar-refractivity contribution < 1.29 is 19.5 Å². The molecule has 1 aliphatic heterocycles. The van der Waals surface area contributed by atoms with Gasteiger partial charge in [-0.15, -0.1) is 0 Å². The molecule has 5 nitrogen and oxygen atoms in total. The Kier molecular flexibility index (Phi) is 4.15. The van der Waals surface area contributed by atoms with Crippen molar-refractivity contribution >= 4 is 23.6 Å². The van der Waals surface area contributed by atoms with Crippen LogP contribution >= 0.6 is 11.6 Å². The molecule has 0 aromatic heterocycles. The van der Waals surface area contributed by atoms with Crippen LogP contribution in [-0.4, -0.2) is 23.8 Å². The molecule has 0 bridgehead atoms. The fourth-order valence-corrected chi connectivity index (χ4v) is 2.75. The molecule has 0 saturated heterocycles. The maximum Gasteiger partial charge on any atom is 0.231 e. The Bertz CT molecular complexity index is 736. The lowest BCUT2D eigenvalue weighted by Crippen LogP contribution is -2.48.